The third-order valence-corrected chi connectivity index (χ3v) is 2.67. The molecular formula is C11H10ClF4NO2. The Balaban J connectivity index is 3.17. The molecule has 0 fully saturated rings. The van der Waals surface area contributed by atoms with Crippen molar-refractivity contribution in [2.75, 3.05) is 7.11 Å². The highest BCUT2D eigenvalue weighted by molar-refractivity contribution is 6.30. The molecule has 0 amide bonds. The van der Waals surface area contributed by atoms with Crippen molar-refractivity contribution >= 4 is 17.6 Å². The van der Waals surface area contributed by atoms with Gasteiger partial charge in [0.2, 0.25) is 0 Å². The maximum atomic E-state index is 13.3. The van der Waals surface area contributed by atoms with Crippen LogP contribution in [0.5, 0.6) is 0 Å². The van der Waals surface area contributed by atoms with Gasteiger partial charge >= 0.3 is 12.1 Å². The lowest BCUT2D eigenvalue weighted by atomic mass is 10.0. The number of halogens is 5. The molecule has 1 rings (SSSR count). The fourth-order valence-electron chi connectivity index (χ4n) is 1.41. The third-order valence-electron chi connectivity index (χ3n) is 2.40. The molecule has 0 heterocycles. The lowest BCUT2D eigenvalue weighted by Crippen LogP contribution is -2.18. The van der Waals surface area contributed by atoms with Crippen LogP contribution in [-0.4, -0.2) is 13.1 Å². The largest absolute Gasteiger partial charge is 0.469 e. The summed E-state index contributed by atoms with van der Waals surface area (Å²) in [4.78, 5) is 11.0. The highest BCUT2D eigenvalue weighted by Crippen LogP contribution is 2.36. The number of hydrogen-bond donors (Lipinski definition) is 1. The number of ether oxygens (including phenoxy) is 1. The second kappa shape index (κ2) is 5.75. The first-order valence-corrected chi connectivity index (χ1v) is 5.43. The summed E-state index contributed by atoms with van der Waals surface area (Å²) in [6.45, 7) is 0. The molecule has 0 aromatic heterocycles. The Bertz CT molecular complexity index is 490. The Morgan fingerprint density at radius 1 is 1.47 bits per heavy atom. The van der Waals surface area contributed by atoms with Gasteiger partial charge in [-0.15, -0.1) is 0 Å². The van der Waals surface area contributed by atoms with Crippen LogP contribution < -0.4 is 5.73 Å². The van der Waals surface area contributed by atoms with Crippen molar-refractivity contribution in [3.8, 4) is 0 Å². The summed E-state index contributed by atoms with van der Waals surface area (Å²) < 4.78 is 55.3. The maximum absolute atomic E-state index is 13.3. The summed E-state index contributed by atoms with van der Waals surface area (Å²) in [6.07, 6.45) is -5.23. The van der Waals surface area contributed by atoms with Crippen molar-refractivity contribution < 1.29 is 27.1 Å². The molecule has 8 heteroatoms. The quantitative estimate of drug-likeness (QED) is 0.689. The summed E-state index contributed by atoms with van der Waals surface area (Å²) in [7, 11) is 1.12. The highest BCUT2D eigenvalue weighted by atomic mass is 35.5. The molecule has 19 heavy (non-hydrogen) atoms. The Labute approximate surface area is 111 Å². The second-order valence-corrected chi connectivity index (χ2v) is 4.16. The number of carbonyl (C=O) groups is 1. The zero-order chi connectivity index (χ0) is 14.8. The van der Waals surface area contributed by atoms with E-state index in [0.29, 0.717) is 6.07 Å². The van der Waals surface area contributed by atoms with Crippen molar-refractivity contribution in [2.24, 2.45) is 5.73 Å². The molecule has 106 valence electrons. The SMILES string of the molecule is COC(=O)C[C@H](N)c1cc(Cl)c(F)c(C(F)(F)F)c1. The van der Waals surface area contributed by atoms with Crippen LogP contribution in [0.25, 0.3) is 0 Å². The molecule has 1 aromatic carbocycles. The Kier molecular flexibility index (Phi) is 4.75. The van der Waals surface area contributed by atoms with Crippen molar-refractivity contribution in [2.45, 2.75) is 18.6 Å². The van der Waals surface area contributed by atoms with Crippen molar-refractivity contribution in [1.82, 2.24) is 0 Å². The van der Waals surface area contributed by atoms with E-state index in [-0.39, 0.29) is 12.0 Å². The number of nitrogens with two attached hydrogens (primary N) is 1. The van der Waals surface area contributed by atoms with Gasteiger partial charge in [-0.1, -0.05) is 11.6 Å². The Hall–Kier alpha value is -1.34. The molecule has 0 bridgehead atoms. The number of esters is 1. The monoisotopic (exact) mass is 299 g/mol. The van der Waals surface area contributed by atoms with Crippen LogP contribution in [0.2, 0.25) is 5.02 Å². The Morgan fingerprint density at radius 2 is 2.05 bits per heavy atom. The molecule has 0 unspecified atom stereocenters. The first kappa shape index (κ1) is 15.7. The zero-order valence-corrected chi connectivity index (χ0v) is 10.5. The lowest BCUT2D eigenvalue weighted by Gasteiger charge is -2.15. The molecule has 0 aliphatic rings. The molecule has 0 radical (unpaired) electrons. The van der Waals surface area contributed by atoms with Gasteiger partial charge in [0.05, 0.1) is 24.1 Å². The van der Waals surface area contributed by atoms with E-state index in [9.17, 15) is 22.4 Å². The summed E-state index contributed by atoms with van der Waals surface area (Å²) in [5.74, 6) is -2.26. The minimum absolute atomic E-state index is 0.0934. The average molecular weight is 300 g/mol. The van der Waals surface area contributed by atoms with E-state index in [0.717, 1.165) is 13.2 Å². The van der Waals surface area contributed by atoms with Crippen LogP contribution in [0.4, 0.5) is 17.6 Å². The minimum atomic E-state index is -4.89. The summed E-state index contributed by atoms with van der Waals surface area (Å²) in [5.41, 5.74) is 3.94. The molecule has 0 spiro atoms. The van der Waals surface area contributed by atoms with Gasteiger partial charge in [0.15, 0.2) is 5.82 Å². The standard InChI is InChI=1S/C11H10ClF4NO2/c1-19-9(18)4-8(17)5-2-6(11(14,15)16)10(13)7(12)3-5/h2-3,8H,4,17H2,1H3/t8-/m0/s1. The molecule has 0 aliphatic carbocycles. The second-order valence-electron chi connectivity index (χ2n) is 3.75. The lowest BCUT2D eigenvalue weighted by molar-refractivity contribution is -0.141. The van der Waals surface area contributed by atoms with E-state index in [1.807, 2.05) is 0 Å². The van der Waals surface area contributed by atoms with E-state index in [1.54, 1.807) is 0 Å². The normalized spacial score (nSPS) is 13.2. The molecule has 1 aromatic rings. The van der Waals surface area contributed by atoms with Crippen LogP contribution in [0, 0.1) is 5.82 Å². The minimum Gasteiger partial charge on any atom is -0.469 e. The highest BCUT2D eigenvalue weighted by Gasteiger charge is 2.36. The van der Waals surface area contributed by atoms with Gasteiger partial charge in [0, 0.05) is 6.04 Å². The van der Waals surface area contributed by atoms with Gasteiger partial charge in [-0.05, 0) is 17.7 Å². The molecule has 0 saturated carbocycles. The van der Waals surface area contributed by atoms with Crippen molar-refractivity contribution in [1.29, 1.82) is 0 Å². The summed E-state index contributed by atoms with van der Waals surface area (Å²) in [6, 6.07) is 0.431. The van der Waals surface area contributed by atoms with Gasteiger partial charge in [-0.3, -0.25) is 4.79 Å². The zero-order valence-electron chi connectivity index (χ0n) is 9.72. The summed E-state index contributed by atoms with van der Waals surface area (Å²) in [5, 5.41) is -0.704. The first-order valence-electron chi connectivity index (χ1n) is 5.05. The van der Waals surface area contributed by atoms with Crippen LogP contribution >= 0.6 is 11.6 Å². The smallest absolute Gasteiger partial charge is 0.419 e. The predicted octanol–water partition coefficient (Wildman–Crippen LogP) is 3.06. The van der Waals surface area contributed by atoms with Crippen molar-refractivity contribution in [3.63, 3.8) is 0 Å². The number of methoxy groups -OCH3 is 1. The molecule has 0 aliphatic heterocycles. The van der Waals surface area contributed by atoms with Crippen molar-refractivity contribution in [3.05, 3.63) is 34.1 Å². The van der Waals surface area contributed by atoms with E-state index in [4.69, 9.17) is 17.3 Å². The van der Waals surface area contributed by atoms with E-state index < -0.39 is 34.6 Å². The topological polar surface area (TPSA) is 52.3 Å². The van der Waals surface area contributed by atoms with Crippen LogP contribution in [0.3, 0.4) is 0 Å². The number of carbonyl (C=O) groups excluding carboxylic acids is 1. The number of alkyl halides is 3. The van der Waals surface area contributed by atoms with Gasteiger partial charge in [0.25, 0.3) is 0 Å². The third kappa shape index (κ3) is 3.81. The average Bonchev–Trinajstić information content (AvgIpc) is 2.30. The van der Waals surface area contributed by atoms with Gasteiger partial charge in [-0.2, -0.15) is 13.2 Å². The van der Waals surface area contributed by atoms with Crippen LogP contribution in [0.15, 0.2) is 12.1 Å². The fourth-order valence-corrected chi connectivity index (χ4v) is 1.64. The van der Waals surface area contributed by atoms with Crippen LogP contribution in [0.1, 0.15) is 23.6 Å². The van der Waals surface area contributed by atoms with Gasteiger partial charge < -0.3 is 10.5 Å². The number of rotatable bonds is 3. The van der Waals surface area contributed by atoms with Gasteiger partial charge in [-0.25, -0.2) is 4.39 Å². The number of hydrogen-bond acceptors (Lipinski definition) is 3. The molecule has 0 saturated heterocycles. The molecule has 3 nitrogen and oxygen atoms in total. The Morgan fingerprint density at radius 3 is 2.53 bits per heavy atom. The van der Waals surface area contributed by atoms with Crippen LogP contribution in [-0.2, 0) is 15.7 Å². The predicted molar refractivity (Wildman–Crippen MR) is 60.0 cm³/mol. The molecular weight excluding hydrogens is 290 g/mol. The number of benzene rings is 1. The maximum Gasteiger partial charge on any atom is 0.419 e. The fraction of sp³-hybridized carbons (Fsp3) is 0.364. The molecule has 1 atom stereocenters. The van der Waals surface area contributed by atoms with E-state index in [1.165, 1.54) is 0 Å². The first-order chi connectivity index (χ1) is 8.66. The molecule has 2 N–H and O–H groups in total. The summed E-state index contributed by atoms with van der Waals surface area (Å²) >= 11 is 5.39. The van der Waals surface area contributed by atoms with E-state index in [2.05, 4.69) is 4.74 Å². The van der Waals surface area contributed by atoms with Gasteiger partial charge in [0.1, 0.15) is 0 Å². The van der Waals surface area contributed by atoms with E-state index >= 15 is 0 Å².